The molecular formula is C20H19FN4O. The molecule has 0 unspecified atom stereocenters. The van der Waals surface area contributed by atoms with Gasteiger partial charge in [-0.3, -0.25) is 4.79 Å². The van der Waals surface area contributed by atoms with Gasteiger partial charge in [0.05, 0.1) is 11.3 Å². The van der Waals surface area contributed by atoms with Gasteiger partial charge in [0, 0.05) is 18.1 Å². The van der Waals surface area contributed by atoms with Gasteiger partial charge in [-0.2, -0.15) is 0 Å². The van der Waals surface area contributed by atoms with Crippen LogP contribution in [0.2, 0.25) is 0 Å². The van der Waals surface area contributed by atoms with Crippen LogP contribution in [0.15, 0.2) is 48.8 Å². The molecule has 0 aliphatic heterocycles. The fourth-order valence-corrected chi connectivity index (χ4v) is 2.76. The van der Waals surface area contributed by atoms with E-state index in [2.05, 4.69) is 32.7 Å². The summed E-state index contributed by atoms with van der Waals surface area (Å²) in [6.07, 6.45) is 2.81. The van der Waals surface area contributed by atoms with Crippen LogP contribution in [-0.4, -0.2) is 15.9 Å². The Bertz CT molecular complexity index is 931. The Labute approximate surface area is 151 Å². The van der Waals surface area contributed by atoms with E-state index in [1.165, 1.54) is 30.1 Å². The number of amides is 1. The van der Waals surface area contributed by atoms with E-state index in [9.17, 15) is 9.18 Å². The average Bonchev–Trinajstić information content (AvgIpc) is 2.60. The lowest BCUT2D eigenvalue weighted by Crippen LogP contribution is -2.14. The van der Waals surface area contributed by atoms with Crippen molar-refractivity contribution in [3.63, 3.8) is 0 Å². The molecule has 1 heterocycles. The van der Waals surface area contributed by atoms with Crippen LogP contribution in [-0.2, 0) is 0 Å². The number of para-hydroxylation sites is 1. The lowest BCUT2D eigenvalue weighted by molar-refractivity contribution is 0.102. The van der Waals surface area contributed by atoms with E-state index in [1.807, 2.05) is 20.8 Å². The number of hydrogen-bond donors (Lipinski definition) is 2. The summed E-state index contributed by atoms with van der Waals surface area (Å²) in [5, 5.41) is 5.68. The molecule has 3 rings (SSSR count). The summed E-state index contributed by atoms with van der Waals surface area (Å²) < 4.78 is 13.6. The first-order valence-electron chi connectivity index (χ1n) is 8.17. The van der Waals surface area contributed by atoms with Crippen LogP contribution in [0.3, 0.4) is 0 Å². The number of nitrogens with zero attached hydrogens (tertiary/aromatic N) is 2. The number of carbonyl (C=O) groups is 1. The summed E-state index contributed by atoms with van der Waals surface area (Å²) in [4.78, 5) is 20.6. The molecule has 0 spiro atoms. The Balaban J connectivity index is 1.75. The topological polar surface area (TPSA) is 66.9 Å². The van der Waals surface area contributed by atoms with Crippen molar-refractivity contribution < 1.29 is 9.18 Å². The summed E-state index contributed by atoms with van der Waals surface area (Å²) in [5.41, 5.74) is 4.67. The molecule has 132 valence electrons. The second-order valence-corrected chi connectivity index (χ2v) is 6.13. The maximum absolute atomic E-state index is 13.6. The predicted molar refractivity (Wildman–Crippen MR) is 100 cm³/mol. The van der Waals surface area contributed by atoms with E-state index < -0.39 is 11.7 Å². The molecule has 0 fully saturated rings. The molecule has 0 aliphatic carbocycles. The van der Waals surface area contributed by atoms with Gasteiger partial charge in [0.25, 0.3) is 5.91 Å². The Morgan fingerprint density at radius 2 is 1.62 bits per heavy atom. The summed E-state index contributed by atoms with van der Waals surface area (Å²) in [5.74, 6) is -0.572. The van der Waals surface area contributed by atoms with Crippen molar-refractivity contribution in [2.24, 2.45) is 0 Å². The number of benzene rings is 2. The minimum Gasteiger partial charge on any atom is -0.324 e. The van der Waals surface area contributed by atoms with Crippen molar-refractivity contribution in [1.82, 2.24) is 9.97 Å². The highest BCUT2D eigenvalue weighted by Gasteiger charge is 2.11. The molecule has 0 atom stereocenters. The van der Waals surface area contributed by atoms with Gasteiger partial charge in [-0.05, 0) is 44.0 Å². The molecular weight excluding hydrogens is 331 g/mol. The number of hydrogen-bond acceptors (Lipinski definition) is 4. The largest absolute Gasteiger partial charge is 0.324 e. The zero-order valence-electron chi connectivity index (χ0n) is 14.8. The van der Waals surface area contributed by atoms with Crippen LogP contribution in [0.4, 0.5) is 21.7 Å². The molecule has 6 heteroatoms. The highest BCUT2D eigenvalue weighted by molar-refractivity contribution is 6.03. The maximum Gasteiger partial charge on any atom is 0.258 e. The Morgan fingerprint density at radius 3 is 2.23 bits per heavy atom. The van der Waals surface area contributed by atoms with E-state index in [4.69, 9.17) is 0 Å². The van der Waals surface area contributed by atoms with Crippen LogP contribution in [0.1, 0.15) is 27.0 Å². The van der Waals surface area contributed by atoms with Gasteiger partial charge in [0.2, 0.25) is 5.95 Å². The quantitative estimate of drug-likeness (QED) is 0.725. The van der Waals surface area contributed by atoms with Crippen LogP contribution in [0.5, 0.6) is 0 Å². The van der Waals surface area contributed by atoms with Crippen molar-refractivity contribution in [1.29, 1.82) is 0 Å². The first-order chi connectivity index (χ1) is 12.4. The van der Waals surface area contributed by atoms with Gasteiger partial charge in [-0.25, -0.2) is 14.4 Å². The normalized spacial score (nSPS) is 10.5. The summed E-state index contributed by atoms with van der Waals surface area (Å²) in [6, 6.07) is 10.1. The van der Waals surface area contributed by atoms with Gasteiger partial charge in [-0.1, -0.05) is 29.8 Å². The molecule has 1 amide bonds. The predicted octanol–water partition coefficient (Wildman–Crippen LogP) is 4.54. The zero-order valence-corrected chi connectivity index (χ0v) is 14.8. The van der Waals surface area contributed by atoms with E-state index in [1.54, 1.807) is 12.1 Å². The van der Waals surface area contributed by atoms with Crippen molar-refractivity contribution in [2.45, 2.75) is 20.8 Å². The number of rotatable bonds is 4. The fraction of sp³-hybridized carbons (Fsp3) is 0.150. The smallest absolute Gasteiger partial charge is 0.258 e. The third-order valence-electron chi connectivity index (χ3n) is 3.95. The summed E-state index contributed by atoms with van der Waals surface area (Å²) in [6.45, 7) is 6.07. The van der Waals surface area contributed by atoms with Gasteiger partial charge >= 0.3 is 0 Å². The lowest BCUT2D eigenvalue weighted by Gasteiger charge is -2.12. The van der Waals surface area contributed by atoms with E-state index in [-0.39, 0.29) is 11.3 Å². The molecule has 2 aromatic carbocycles. The molecule has 0 bridgehead atoms. The van der Waals surface area contributed by atoms with Crippen molar-refractivity contribution >= 4 is 23.2 Å². The minimum atomic E-state index is -0.495. The zero-order chi connectivity index (χ0) is 18.7. The molecule has 0 saturated carbocycles. The van der Waals surface area contributed by atoms with E-state index >= 15 is 0 Å². The monoisotopic (exact) mass is 350 g/mol. The molecule has 5 nitrogen and oxygen atoms in total. The third-order valence-corrected chi connectivity index (χ3v) is 3.95. The van der Waals surface area contributed by atoms with Crippen LogP contribution >= 0.6 is 0 Å². The van der Waals surface area contributed by atoms with E-state index in [0.717, 1.165) is 16.8 Å². The first-order valence-corrected chi connectivity index (χ1v) is 8.17. The molecule has 0 aliphatic rings. The number of nitrogens with one attached hydrogen (secondary N) is 2. The van der Waals surface area contributed by atoms with Gasteiger partial charge in [-0.15, -0.1) is 0 Å². The standard InChI is InChI=1S/C20H19FN4O/c1-12-8-13(2)18(14(3)9-12)25-20-22-10-15(11-23-20)19(26)24-17-7-5-4-6-16(17)21/h4-11H,1-3H3,(H,24,26)(H,22,23,25). The number of halogens is 1. The van der Waals surface area contributed by atoms with Gasteiger partial charge < -0.3 is 10.6 Å². The van der Waals surface area contributed by atoms with Crippen molar-refractivity contribution in [2.75, 3.05) is 10.6 Å². The fourth-order valence-electron chi connectivity index (χ4n) is 2.76. The molecule has 2 N–H and O–H groups in total. The second kappa shape index (κ2) is 7.31. The van der Waals surface area contributed by atoms with E-state index in [0.29, 0.717) is 5.95 Å². The number of anilines is 3. The van der Waals surface area contributed by atoms with Gasteiger partial charge in [0.1, 0.15) is 5.82 Å². The number of aryl methyl sites for hydroxylation is 3. The minimum absolute atomic E-state index is 0.116. The summed E-state index contributed by atoms with van der Waals surface area (Å²) >= 11 is 0. The molecule has 1 aromatic heterocycles. The Kier molecular flexibility index (Phi) is 4.93. The second-order valence-electron chi connectivity index (χ2n) is 6.13. The molecule has 26 heavy (non-hydrogen) atoms. The molecule has 3 aromatic rings. The number of aromatic nitrogens is 2. The Hall–Kier alpha value is -3.28. The highest BCUT2D eigenvalue weighted by atomic mass is 19.1. The molecule has 0 radical (unpaired) electrons. The van der Waals surface area contributed by atoms with Crippen molar-refractivity contribution in [3.8, 4) is 0 Å². The third kappa shape index (κ3) is 3.85. The summed E-state index contributed by atoms with van der Waals surface area (Å²) in [7, 11) is 0. The van der Waals surface area contributed by atoms with Crippen molar-refractivity contribution in [3.05, 3.63) is 76.9 Å². The first kappa shape index (κ1) is 17.5. The maximum atomic E-state index is 13.6. The number of carbonyl (C=O) groups excluding carboxylic acids is 1. The molecule has 0 saturated heterocycles. The van der Waals surface area contributed by atoms with Crippen LogP contribution < -0.4 is 10.6 Å². The average molecular weight is 350 g/mol. The Morgan fingerprint density at radius 1 is 1.00 bits per heavy atom. The van der Waals surface area contributed by atoms with Crippen LogP contribution in [0.25, 0.3) is 0 Å². The van der Waals surface area contributed by atoms with Gasteiger partial charge in [0.15, 0.2) is 0 Å². The highest BCUT2D eigenvalue weighted by Crippen LogP contribution is 2.24. The van der Waals surface area contributed by atoms with Crippen LogP contribution in [0, 0.1) is 26.6 Å². The lowest BCUT2D eigenvalue weighted by atomic mass is 10.1. The SMILES string of the molecule is Cc1cc(C)c(Nc2ncc(C(=O)Nc3ccccc3F)cn2)c(C)c1.